The lowest BCUT2D eigenvalue weighted by atomic mass is 11.0. The van der Waals surface area contributed by atoms with Crippen molar-refractivity contribution < 1.29 is 4.21 Å². The predicted molar refractivity (Wildman–Crippen MR) is 24.0 cm³/mol. The minimum Gasteiger partial charge on any atom is -0.233 e. The first-order chi connectivity index (χ1) is 3.39. The van der Waals surface area contributed by atoms with Gasteiger partial charge in [-0.05, 0) is 0 Å². The molecule has 0 saturated heterocycles. The summed E-state index contributed by atoms with van der Waals surface area (Å²) in [6.45, 7) is 0. The van der Waals surface area contributed by atoms with E-state index in [2.05, 4.69) is 4.98 Å². The topological polar surface area (TPSA) is 34.9 Å². The summed E-state index contributed by atoms with van der Waals surface area (Å²) >= 11 is 0. The van der Waals surface area contributed by atoms with E-state index in [1.165, 1.54) is 0 Å². The first kappa shape index (κ1) is 3.37. The van der Waals surface area contributed by atoms with Gasteiger partial charge in [0.1, 0.15) is 0 Å². The molecule has 4 heteroatoms. The van der Waals surface area contributed by atoms with Crippen LogP contribution >= 0.6 is 0 Å². The molecule has 0 radical (unpaired) electrons. The second-order valence-electron chi connectivity index (χ2n) is 1.28. The Morgan fingerprint density at radius 3 is 3.00 bits per heavy atom. The molecular weight excluding hydrogens is 112 g/mol. The molecular formula is C3H2N2OS. The maximum Gasteiger partial charge on any atom is 0.233 e. The fourth-order valence-electron chi connectivity index (χ4n) is 0.500. The third-order valence-electron chi connectivity index (χ3n) is 0.878. The van der Waals surface area contributed by atoms with E-state index < -0.39 is 11.0 Å². The zero-order valence-corrected chi connectivity index (χ0v) is 4.18. The van der Waals surface area contributed by atoms with E-state index in [0.29, 0.717) is 5.16 Å². The van der Waals surface area contributed by atoms with Gasteiger partial charge >= 0.3 is 0 Å². The van der Waals surface area contributed by atoms with Gasteiger partial charge in [0.25, 0.3) is 0 Å². The summed E-state index contributed by atoms with van der Waals surface area (Å²) < 4.78 is 12.0. The second kappa shape index (κ2) is 0.790. The lowest BCUT2D eigenvalue weighted by Crippen LogP contribution is -1.67. The Bertz CT molecular complexity index is 208. The lowest BCUT2D eigenvalue weighted by Gasteiger charge is -1.60. The molecule has 1 unspecified atom stereocenters. The molecule has 0 N–H and O–H groups in total. The van der Waals surface area contributed by atoms with Crippen LogP contribution in [0.25, 0.3) is 0 Å². The highest BCUT2D eigenvalue weighted by Gasteiger charge is 2.28. The molecule has 0 aliphatic carbocycles. The van der Waals surface area contributed by atoms with E-state index in [-0.39, 0.29) is 0 Å². The van der Waals surface area contributed by atoms with Crippen LogP contribution < -0.4 is 0 Å². The Balaban J connectivity index is 2.80. The molecule has 1 aromatic heterocycles. The fourth-order valence-corrected chi connectivity index (χ4v) is 1.26. The molecule has 7 heavy (non-hydrogen) atoms. The third-order valence-corrected chi connectivity index (χ3v) is 1.97. The van der Waals surface area contributed by atoms with Gasteiger partial charge in [0, 0.05) is 12.4 Å². The number of rotatable bonds is 0. The molecule has 1 aromatic rings. The number of aromatic nitrogens is 2. The summed E-state index contributed by atoms with van der Waals surface area (Å²) in [5.74, 6) is 0. The maximum atomic E-state index is 10.4. The van der Waals surface area contributed by atoms with Gasteiger partial charge in [0.2, 0.25) is 5.16 Å². The first-order valence-corrected chi connectivity index (χ1v) is 2.96. The highest BCUT2D eigenvalue weighted by Crippen LogP contribution is 2.19. The summed E-state index contributed by atoms with van der Waals surface area (Å²) in [6, 6.07) is 0. The molecule has 0 bridgehead atoms. The molecule has 1 aliphatic heterocycles. The van der Waals surface area contributed by atoms with Crippen LogP contribution in [0, 0.1) is 0 Å². The SMILES string of the molecule is O=S1c2nccn21. The second-order valence-corrected chi connectivity index (χ2v) is 2.54. The monoisotopic (exact) mass is 114 g/mol. The van der Waals surface area contributed by atoms with E-state index in [4.69, 9.17) is 0 Å². The molecule has 3 nitrogen and oxygen atoms in total. The van der Waals surface area contributed by atoms with Crippen molar-refractivity contribution in [3.8, 4) is 0 Å². The van der Waals surface area contributed by atoms with E-state index >= 15 is 0 Å². The van der Waals surface area contributed by atoms with Crippen LogP contribution in [0.3, 0.4) is 0 Å². The summed E-state index contributed by atoms with van der Waals surface area (Å²) in [6.07, 6.45) is 3.34. The smallest absolute Gasteiger partial charge is 0.233 e. The molecule has 0 fully saturated rings. The number of nitrogens with zero attached hydrogens (tertiary/aromatic N) is 2. The Morgan fingerprint density at radius 1 is 1.86 bits per heavy atom. The van der Waals surface area contributed by atoms with E-state index in [1.54, 1.807) is 16.4 Å². The van der Waals surface area contributed by atoms with Crippen molar-refractivity contribution in [3.05, 3.63) is 12.4 Å². The molecule has 36 valence electrons. The van der Waals surface area contributed by atoms with Gasteiger partial charge in [-0.2, -0.15) is 0 Å². The molecule has 1 aliphatic rings. The normalized spacial score (nSPS) is 24.3. The van der Waals surface area contributed by atoms with Gasteiger partial charge < -0.3 is 0 Å². The first-order valence-electron chi connectivity index (χ1n) is 1.85. The maximum absolute atomic E-state index is 10.4. The standard InChI is InChI=1S/C3H2N2OS/c6-7-3-4-1-2-5(3)7/h1-2H. The van der Waals surface area contributed by atoms with Crippen LogP contribution in [0.15, 0.2) is 17.6 Å². The van der Waals surface area contributed by atoms with Crippen LogP contribution in [0.5, 0.6) is 0 Å². The third kappa shape index (κ3) is 0.256. The van der Waals surface area contributed by atoms with E-state index in [1.807, 2.05) is 0 Å². The van der Waals surface area contributed by atoms with Crippen LogP contribution in [-0.4, -0.2) is 13.2 Å². The van der Waals surface area contributed by atoms with E-state index in [9.17, 15) is 4.21 Å². The van der Waals surface area contributed by atoms with Gasteiger partial charge in [-0.25, -0.2) is 13.2 Å². The molecule has 0 aromatic carbocycles. The van der Waals surface area contributed by atoms with Gasteiger partial charge in [0.05, 0.1) is 0 Å². The number of hydrogen-bond donors (Lipinski definition) is 0. The lowest BCUT2D eigenvalue weighted by molar-refractivity contribution is 0.690. The zero-order chi connectivity index (χ0) is 4.85. The van der Waals surface area contributed by atoms with Crippen molar-refractivity contribution in [2.24, 2.45) is 0 Å². The van der Waals surface area contributed by atoms with Crippen molar-refractivity contribution in [1.29, 1.82) is 0 Å². The number of hydrogen-bond acceptors (Lipinski definition) is 2. The summed E-state index contributed by atoms with van der Waals surface area (Å²) in [5.41, 5.74) is 0. The minimum absolute atomic E-state index is 0.694. The zero-order valence-electron chi connectivity index (χ0n) is 3.37. The summed E-state index contributed by atoms with van der Waals surface area (Å²) in [4.78, 5) is 3.75. The van der Waals surface area contributed by atoms with Crippen molar-refractivity contribution in [2.75, 3.05) is 0 Å². The van der Waals surface area contributed by atoms with Crippen molar-refractivity contribution in [2.45, 2.75) is 5.16 Å². The Morgan fingerprint density at radius 2 is 2.71 bits per heavy atom. The van der Waals surface area contributed by atoms with E-state index in [0.717, 1.165) is 0 Å². The Hall–Kier alpha value is -0.640. The number of fused-ring (bicyclic) bond motifs is 1. The summed E-state index contributed by atoms with van der Waals surface area (Å²) in [7, 11) is -0.860. The fraction of sp³-hybridized carbons (Fsp3) is 0. The number of imidazole rings is 1. The average molecular weight is 114 g/mol. The van der Waals surface area contributed by atoms with Crippen molar-refractivity contribution in [1.82, 2.24) is 8.96 Å². The average Bonchev–Trinajstić information content (AvgIpc) is 2.26. The molecule has 1 atom stereocenters. The van der Waals surface area contributed by atoms with Crippen molar-refractivity contribution in [3.63, 3.8) is 0 Å². The quantitative estimate of drug-likeness (QED) is 0.443. The van der Waals surface area contributed by atoms with Gasteiger partial charge in [-0.1, -0.05) is 0 Å². The van der Waals surface area contributed by atoms with Gasteiger partial charge in [-0.3, -0.25) is 0 Å². The molecule has 0 spiro atoms. The predicted octanol–water partition coefficient (Wildman–Crippen LogP) is -0.233. The Kier molecular flexibility index (Phi) is 0.380. The Labute approximate surface area is 42.6 Å². The highest BCUT2D eigenvalue weighted by molar-refractivity contribution is 7.88. The van der Waals surface area contributed by atoms with Gasteiger partial charge in [-0.15, -0.1) is 0 Å². The minimum atomic E-state index is -0.860. The largest absolute Gasteiger partial charge is 0.233 e. The summed E-state index contributed by atoms with van der Waals surface area (Å²) in [5, 5.41) is 0.694. The molecule has 0 amide bonds. The van der Waals surface area contributed by atoms with Crippen LogP contribution in [-0.2, 0) is 11.0 Å². The highest BCUT2D eigenvalue weighted by atomic mass is 32.2. The molecule has 0 saturated carbocycles. The molecule has 2 heterocycles. The van der Waals surface area contributed by atoms with Crippen molar-refractivity contribution >= 4 is 11.0 Å². The molecule has 2 rings (SSSR count). The van der Waals surface area contributed by atoms with Gasteiger partial charge in [0.15, 0.2) is 11.0 Å². The van der Waals surface area contributed by atoms with Crippen LogP contribution in [0.1, 0.15) is 0 Å². The van der Waals surface area contributed by atoms with Crippen LogP contribution in [0.2, 0.25) is 0 Å². The van der Waals surface area contributed by atoms with Crippen LogP contribution in [0.4, 0.5) is 0 Å².